The summed E-state index contributed by atoms with van der Waals surface area (Å²) in [6.07, 6.45) is 0.773. The van der Waals surface area contributed by atoms with E-state index in [0.29, 0.717) is 0 Å². The zero-order valence-electron chi connectivity index (χ0n) is 7.05. The molecule has 0 radical (unpaired) electrons. The highest BCUT2D eigenvalue weighted by Gasteiger charge is 2.44. The maximum absolute atomic E-state index is 11.1. The molecule has 0 saturated heterocycles. The van der Waals surface area contributed by atoms with Gasteiger partial charge in [0.25, 0.3) is 0 Å². The van der Waals surface area contributed by atoms with Crippen LogP contribution in [0.3, 0.4) is 0 Å². The molecule has 14 heavy (non-hydrogen) atoms. The molecule has 1 aromatic heterocycles. The van der Waals surface area contributed by atoms with Gasteiger partial charge in [-0.2, -0.15) is 0 Å². The molecule has 1 fully saturated rings. The molecule has 72 valence electrons. The average molecular weight is 228 g/mol. The van der Waals surface area contributed by atoms with Crippen LogP contribution in [0, 0.1) is 5.92 Å². The molecule has 1 heterocycles. The number of nitrogens with zero attached hydrogens (tertiary/aromatic N) is 3. The third-order valence-corrected chi connectivity index (χ3v) is 3.57. The second kappa shape index (κ2) is 3.61. The number of thiophene rings is 1. The highest BCUT2D eigenvalue weighted by Crippen LogP contribution is 2.50. The average Bonchev–Trinajstić information content (AvgIpc) is 2.84. The van der Waals surface area contributed by atoms with Gasteiger partial charge in [-0.15, -0.1) is 11.3 Å². The van der Waals surface area contributed by atoms with Crippen molar-refractivity contribution in [1.82, 2.24) is 0 Å². The molecule has 0 unspecified atom stereocenters. The molecule has 1 saturated carbocycles. The zero-order valence-corrected chi connectivity index (χ0v) is 8.63. The monoisotopic (exact) mass is 227 g/mol. The van der Waals surface area contributed by atoms with E-state index in [1.54, 1.807) is 0 Å². The molecule has 4 nitrogen and oxygen atoms in total. The highest BCUT2D eigenvalue weighted by atomic mass is 35.5. The van der Waals surface area contributed by atoms with Crippen LogP contribution in [0.4, 0.5) is 0 Å². The second-order valence-electron chi connectivity index (χ2n) is 3.12. The Morgan fingerprint density at radius 1 is 1.71 bits per heavy atom. The fraction of sp³-hybridized carbons (Fsp3) is 0.375. The van der Waals surface area contributed by atoms with Crippen LogP contribution in [-0.4, -0.2) is 5.91 Å². The number of amides is 1. The van der Waals surface area contributed by atoms with Crippen molar-refractivity contribution < 1.29 is 4.79 Å². The van der Waals surface area contributed by atoms with E-state index in [0.717, 1.165) is 15.6 Å². The third kappa shape index (κ3) is 1.75. The van der Waals surface area contributed by atoms with Gasteiger partial charge in [0.15, 0.2) is 0 Å². The number of azide groups is 1. The minimum Gasteiger partial charge on any atom is -0.292 e. The molecule has 0 aromatic carbocycles. The van der Waals surface area contributed by atoms with E-state index in [4.69, 9.17) is 17.1 Å². The Labute approximate surface area is 89.1 Å². The molecule has 1 aliphatic carbocycles. The Bertz CT molecular complexity index is 424. The molecule has 0 N–H and O–H groups in total. The number of hydrogen-bond donors (Lipinski definition) is 0. The lowest BCUT2D eigenvalue weighted by Gasteiger charge is -1.90. The Kier molecular flexibility index (Phi) is 2.46. The summed E-state index contributed by atoms with van der Waals surface area (Å²) in [5.41, 5.74) is 8.09. The Morgan fingerprint density at radius 3 is 3.07 bits per heavy atom. The fourth-order valence-electron chi connectivity index (χ4n) is 1.43. The molecular weight excluding hydrogens is 222 g/mol. The summed E-state index contributed by atoms with van der Waals surface area (Å²) in [6.45, 7) is 0. The van der Waals surface area contributed by atoms with E-state index in [2.05, 4.69) is 10.0 Å². The summed E-state index contributed by atoms with van der Waals surface area (Å²) in [5, 5.41) is 3.08. The van der Waals surface area contributed by atoms with Gasteiger partial charge in [0, 0.05) is 21.6 Å². The first-order chi connectivity index (χ1) is 6.72. The number of carbonyl (C=O) groups excluding carboxylic acids is 1. The molecule has 2 rings (SSSR count). The van der Waals surface area contributed by atoms with E-state index < -0.39 is 0 Å². The number of carbonyl (C=O) groups is 1. The fourth-order valence-corrected chi connectivity index (χ4v) is 2.67. The summed E-state index contributed by atoms with van der Waals surface area (Å²) in [6, 6.07) is 3.73. The standard InChI is InChI=1S/C8H6ClN3OS/c9-7-2-1-6(14-7)4-3-5(4)8(13)11-12-10/h1-2,4-5H,3H2/t4-,5-/m1/s1. The molecular formula is C8H6ClN3OS. The van der Waals surface area contributed by atoms with Crippen LogP contribution in [0.2, 0.25) is 4.34 Å². The maximum Gasteiger partial charge on any atom is 0.222 e. The van der Waals surface area contributed by atoms with Crippen LogP contribution in [-0.2, 0) is 4.79 Å². The number of hydrogen-bond acceptors (Lipinski definition) is 2. The quantitative estimate of drug-likeness (QED) is 0.434. The minimum atomic E-state index is -0.359. The first-order valence-corrected chi connectivity index (χ1v) is 5.26. The van der Waals surface area contributed by atoms with Gasteiger partial charge >= 0.3 is 0 Å². The van der Waals surface area contributed by atoms with Gasteiger partial charge in [-0.1, -0.05) is 11.6 Å². The topological polar surface area (TPSA) is 65.8 Å². The zero-order chi connectivity index (χ0) is 10.1. The smallest absolute Gasteiger partial charge is 0.222 e. The van der Waals surface area contributed by atoms with Crippen molar-refractivity contribution in [2.45, 2.75) is 12.3 Å². The van der Waals surface area contributed by atoms with Gasteiger partial charge in [0.1, 0.15) is 0 Å². The molecule has 2 atom stereocenters. The number of halogens is 1. The highest BCUT2D eigenvalue weighted by molar-refractivity contribution is 7.16. The van der Waals surface area contributed by atoms with Gasteiger partial charge in [-0.05, 0) is 29.2 Å². The largest absolute Gasteiger partial charge is 0.292 e. The van der Waals surface area contributed by atoms with Gasteiger partial charge in [-0.3, -0.25) is 4.79 Å². The molecule has 1 aromatic rings. The van der Waals surface area contributed by atoms with Crippen molar-refractivity contribution in [1.29, 1.82) is 0 Å². The van der Waals surface area contributed by atoms with Crippen molar-refractivity contribution in [3.8, 4) is 0 Å². The van der Waals surface area contributed by atoms with Crippen molar-refractivity contribution in [2.75, 3.05) is 0 Å². The van der Waals surface area contributed by atoms with Gasteiger partial charge in [0.2, 0.25) is 5.91 Å². The predicted octanol–water partition coefficient (Wildman–Crippen LogP) is 3.34. The number of rotatable bonds is 2. The van der Waals surface area contributed by atoms with Gasteiger partial charge in [-0.25, -0.2) is 0 Å². The normalized spacial score (nSPS) is 24.1. The lowest BCUT2D eigenvalue weighted by atomic mass is 10.2. The molecule has 0 spiro atoms. The second-order valence-corrected chi connectivity index (χ2v) is 4.86. The van der Waals surface area contributed by atoms with E-state index >= 15 is 0 Å². The third-order valence-electron chi connectivity index (χ3n) is 2.21. The van der Waals surface area contributed by atoms with Gasteiger partial charge < -0.3 is 0 Å². The molecule has 1 amide bonds. The summed E-state index contributed by atoms with van der Waals surface area (Å²) in [7, 11) is 0. The summed E-state index contributed by atoms with van der Waals surface area (Å²) in [4.78, 5) is 14.7. The van der Waals surface area contributed by atoms with Crippen molar-refractivity contribution in [3.63, 3.8) is 0 Å². The van der Waals surface area contributed by atoms with E-state index in [1.165, 1.54) is 11.3 Å². The van der Waals surface area contributed by atoms with Crippen LogP contribution in [0.15, 0.2) is 17.2 Å². The molecule has 6 heteroatoms. The van der Waals surface area contributed by atoms with E-state index in [9.17, 15) is 4.79 Å². The SMILES string of the molecule is [N-]=[N+]=NC(=O)[C@@H]1C[C@H]1c1ccc(Cl)s1. The molecule has 1 aliphatic rings. The van der Waals surface area contributed by atoms with Crippen LogP contribution < -0.4 is 0 Å². The van der Waals surface area contributed by atoms with Crippen LogP contribution in [0.25, 0.3) is 10.4 Å². The summed E-state index contributed by atoms with van der Waals surface area (Å²) in [5.74, 6) is -0.270. The lowest BCUT2D eigenvalue weighted by molar-refractivity contribution is -0.119. The van der Waals surface area contributed by atoms with Crippen LogP contribution in [0.5, 0.6) is 0 Å². The lowest BCUT2D eigenvalue weighted by Crippen LogP contribution is -1.95. The molecule has 0 bridgehead atoms. The Balaban J connectivity index is 2.06. The minimum absolute atomic E-state index is 0.124. The molecule has 0 aliphatic heterocycles. The predicted molar refractivity (Wildman–Crippen MR) is 54.3 cm³/mol. The first-order valence-electron chi connectivity index (χ1n) is 4.06. The Hall–Kier alpha value is -1.03. The van der Waals surface area contributed by atoms with Crippen LogP contribution >= 0.6 is 22.9 Å². The summed E-state index contributed by atoms with van der Waals surface area (Å²) < 4.78 is 0.724. The first kappa shape index (κ1) is 9.52. The van der Waals surface area contributed by atoms with E-state index in [1.807, 2.05) is 12.1 Å². The van der Waals surface area contributed by atoms with Crippen molar-refractivity contribution in [2.24, 2.45) is 11.0 Å². The van der Waals surface area contributed by atoms with E-state index in [-0.39, 0.29) is 17.7 Å². The van der Waals surface area contributed by atoms with Gasteiger partial charge in [0.05, 0.1) is 4.34 Å². The van der Waals surface area contributed by atoms with Crippen molar-refractivity contribution >= 4 is 28.8 Å². The maximum atomic E-state index is 11.1. The van der Waals surface area contributed by atoms with Crippen molar-refractivity contribution in [3.05, 3.63) is 31.8 Å². The van der Waals surface area contributed by atoms with Crippen LogP contribution in [0.1, 0.15) is 17.2 Å². The Morgan fingerprint density at radius 2 is 2.50 bits per heavy atom. The summed E-state index contributed by atoms with van der Waals surface area (Å²) >= 11 is 7.25.